The molecule has 2 aliphatic rings. The maximum absolute atomic E-state index is 12.4. The van der Waals surface area contributed by atoms with Crippen molar-refractivity contribution >= 4 is 22.6 Å². The maximum Gasteiger partial charge on any atom is 0.225 e. The Morgan fingerprint density at radius 1 is 1.16 bits per heavy atom. The van der Waals surface area contributed by atoms with Crippen molar-refractivity contribution in [3.05, 3.63) is 24.0 Å². The van der Waals surface area contributed by atoms with E-state index in [0.29, 0.717) is 5.91 Å². The smallest absolute Gasteiger partial charge is 0.225 e. The van der Waals surface area contributed by atoms with Gasteiger partial charge in [0.15, 0.2) is 0 Å². The minimum atomic E-state index is 0.290. The highest BCUT2D eigenvalue weighted by molar-refractivity contribution is 5.90. The Bertz CT molecular complexity index is 803. The normalized spacial score (nSPS) is 18.3. The molecule has 132 valence electrons. The lowest BCUT2D eigenvalue weighted by atomic mass is 10.2. The summed E-state index contributed by atoms with van der Waals surface area (Å²) in [4.78, 5) is 26.0. The Morgan fingerprint density at radius 3 is 2.76 bits per heavy atom. The average Bonchev–Trinajstić information content (AvgIpc) is 3.46. The Kier molecular flexibility index (Phi) is 4.19. The topological polar surface area (TPSA) is 58.6 Å². The molecule has 1 aromatic heterocycles. The monoisotopic (exact) mass is 340 g/mol. The van der Waals surface area contributed by atoms with E-state index in [1.165, 1.54) is 0 Å². The van der Waals surface area contributed by atoms with Crippen molar-refractivity contribution in [2.45, 2.75) is 26.2 Å². The molecular formula is C19H24N4O2. The second kappa shape index (κ2) is 6.50. The molecule has 6 heteroatoms. The summed E-state index contributed by atoms with van der Waals surface area (Å²) in [7, 11) is 1.67. The van der Waals surface area contributed by atoms with Crippen LogP contribution in [0.2, 0.25) is 0 Å². The van der Waals surface area contributed by atoms with Gasteiger partial charge in [-0.15, -0.1) is 0 Å². The summed E-state index contributed by atoms with van der Waals surface area (Å²) in [6.45, 7) is 5.24. The second-order valence-corrected chi connectivity index (χ2v) is 6.92. The van der Waals surface area contributed by atoms with Crippen molar-refractivity contribution in [3.8, 4) is 5.75 Å². The van der Waals surface area contributed by atoms with Gasteiger partial charge >= 0.3 is 0 Å². The lowest BCUT2D eigenvalue weighted by molar-refractivity contribution is -0.132. The number of anilines is 1. The summed E-state index contributed by atoms with van der Waals surface area (Å²) in [5.41, 5.74) is 0.929. The minimum Gasteiger partial charge on any atom is -0.497 e. The zero-order chi connectivity index (χ0) is 17.4. The number of nitrogens with zero attached hydrogens (tertiary/aromatic N) is 4. The van der Waals surface area contributed by atoms with E-state index in [2.05, 4.69) is 9.88 Å². The first-order valence-corrected chi connectivity index (χ1v) is 9.02. The maximum atomic E-state index is 12.4. The highest BCUT2D eigenvalue weighted by Crippen LogP contribution is 2.32. The van der Waals surface area contributed by atoms with Gasteiger partial charge in [-0.3, -0.25) is 4.79 Å². The summed E-state index contributed by atoms with van der Waals surface area (Å²) in [6, 6.07) is 5.91. The molecule has 25 heavy (non-hydrogen) atoms. The molecule has 2 heterocycles. The van der Waals surface area contributed by atoms with Gasteiger partial charge in [-0.2, -0.15) is 0 Å². The van der Waals surface area contributed by atoms with Gasteiger partial charge in [-0.1, -0.05) is 0 Å². The van der Waals surface area contributed by atoms with Gasteiger partial charge in [-0.25, -0.2) is 9.97 Å². The number of rotatable bonds is 3. The molecule has 2 fully saturated rings. The first kappa shape index (κ1) is 16.1. The van der Waals surface area contributed by atoms with Crippen LogP contribution in [0.25, 0.3) is 10.9 Å². The van der Waals surface area contributed by atoms with E-state index in [0.717, 1.165) is 73.7 Å². The Balaban J connectivity index is 1.63. The molecule has 1 saturated heterocycles. The predicted octanol–water partition coefficient (Wildman–Crippen LogP) is 2.40. The van der Waals surface area contributed by atoms with E-state index >= 15 is 0 Å². The number of hydrogen-bond acceptors (Lipinski definition) is 5. The lowest BCUT2D eigenvalue weighted by Crippen LogP contribution is -2.36. The van der Waals surface area contributed by atoms with Crippen molar-refractivity contribution in [1.82, 2.24) is 14.9 Å². The van der Waals surface area contributed by atoms with Crippen molar-refractivity contribution in [2.75, 3.05) is 38.2 Å². The molecule has 0 spiro atoms. The Hall–Kier alpha value is -2.37. The molecule has 0 radical (unpaired) electrons. The molecule has 1 aliphatic heterocycles. The quantitative estimate of drug-likeness (QED) is 0.859. The highest BCUT2D eigenvalue weighted by Gasteiger charge is 2.34. The van der Waals surface area contributed by atoms with E-state index in [4.69, 9.17) is 9.72 Å². The highest BCUT2D eigenvalue weighted by atomic mass is 16.5. The van der Waals surface area contributed by atoms with Crippen LogP contribution in [0, 0.1) is 12.8 Å². The van der Waals surface area contributed by atoms with Crippen LogP contribution in [0.4, 0.5) is 5.82 Å². The molecule has 1 saturated carbocycles. The second-order valence-electron chi connectivity index (χ2n) is 6.92. The van der Waals surface area contributed by atoms with Crippen LogP contribution in [0.15, 0.2) is 18.2 Å². The van der Waals surface area contributed by atoms with Crippen LogP contribution < -0.4 is 9.64 Å². The third-order valence-electron chi connectivity index (χ3n) is 5.03. The van der Waals surface area contributed by atoms with E-state index in [1.807, 2.05) is 30.0 Å². The minimum absolute atomic E-state index is 0.290. The van der Waals surface area contributed by atoms with Gasteiger partial charge in [-0.05, 0) is 44.4 Å². The zero-order valence-electron chi connectivity index (χ0n) is 14.9. The van der Waals surface area contributed by atoms with E-state index in [-0.39, 0.29) is 5.92 Å². The van der Waals surface area contributed by atoms with Crippen LogP contribution in [0.3, 0.4) is 0 Å². The molecule has 4 rings (SSSR count). The average molecular weight is 340 g/mol. The number of fused-ring (bicyclic) bond motifs is 1. The first-order valence-electron chi connectivity index (χ1n) is 9.02. The molecule has 1 aliphatic carbocycles. The number of methoxy groups -OCH3 is 1. The van der Waals surface area contributed by atoms with Gasteiger partial charge in [0, 0.05) is 37.5 Å². The summed E-state index contributed by atoms with van der Waals surface area (Å²) < 4.78 is 5.37. The van der Waals surface area contributed by atoms with Crippen molar-refractivity contribution < 1.29 is 9.53 Å². The Labute approximate surface area is 147 Å². The largest absolute Gasteiger partial charge is 0.497 e. The summed E-state index contributed by atoms with van der Waals surface area (Å²) in [5, 5.41) is 1.01. The van der Waals surface area contributed by atoms with Crippen LogP contribution in [-0.2, 0) is 4.79 Å². The molecule has 1 amide bonds. The van der Waals surface area contributed by atoms with Gasteiger partial charge in [0.1, 0.15) is 17.4 Å². The number of hydrogen-bond donors (Lipinski definition) is 0. The van der Waals surface area contributed by atoms with Crippen LogP contribution >= 0.6 is 0 Å². The van der Waals surface area contributed by atoms with Crippen molar-refractivity contribution in [2.24, 2.45) is 5.92 Å². The van der Waals surface area contributed by atoms with Crippen LogP contribution in [0.5, 0.6) is 5.75 Å². The molecule has 6 nitrogen and oxygen atoms in total. The summed E-state index contributed by atoms with van der Waals surface area (Å²) in [6.07, 6.45) is 3.09. The molecule has 2 aromatic rings. The standard InChI is InChI=1S/C19H24N4O2/c1-13-20-17-7-6-15(25-2)12-16(17)18(21-13)22-8-3-9-23(11-10-22)19(24)14-4-5-14/h6-7,12,14H,3-5,8-11H2,1-2H3. The summed E-state index contributed by atoms with van der Waals surface area (Å²) in [5.74, 6) is 3.15. The molecule has 0 atom stereocenters. The number of carbonyl (C=O) groups excluding carboxylic acids is 1. The van der Waals surface area contributed by atoms with Crippen molar-refractivity contribution in [1.29, 1.82) is 0 Å². The van der Waals surface area contributed by atoms with Gasteiger partial charge in [0.05, 0.1) is 12.6 Å². The zero-order valence-corrected chi connectivity index (χ0v) is 14.9. The van der Waals surface area contributed by atoms with Gasteiger partial charge < -0.3 is 14.5 Å². The molecular weight excluding hydrogens is 316 g/mol. The number of carbonyl (C=O) groups is 1. The van der Waals surface area contributed by atoms with Crippen LogP contribution in [0.1, 0.15) is 25.1 Å². The molecule has 0 unspecified atom stereocenters. The Morgan fingerprint density at radius 2 is 2.00 bits per heavy atom. The number of ether oxygens (including phenoxy) is 1. The number of aryl methyl sites for hydroxylation is 1. The van der Waals surface area contributed by atoms with Gasteiger partial charge in [0.2, 0.25) is 5.91 Å². The van der Waals surface area contributed by atoms with Crippen molar-refractivity contribution in [3.63, 3.8) is 0 Å². The number of benzene rings is 1. The third-order valence-corrected chi connectivity index (χ3v) is 5.03. The van der Waals surface area contributed by atoms with E-state index in [9.17, 15) is 4.79 Å². The molecule has 1 aromatic carbocycles. The molecule has 0 bridgehead atoms. The SMILES string of the molecule is COc1ccc2nc(C)nc(N3CCCN(C(=O)C4CC4)CC3)c2c1. The van der Waals surface area contributed by atoms with Crippen LogP contribution in [-0.4, -0.2) is 54.1 Å². The third kappa shape index (κ3) is 3.25. The number of amides is 1. The fraction of sp³-hybridized carbons (Fsp3) is 0.526. The lowest BCUT2D eigenvalue weighted by Gasteiger charge is -2.24. The predicted molar refractivity (Wildman–Crippen MR) is 97.0 cm³/mol. The van der Waals surface area contributed by atoms with E-state index in [1.54, 1.807) is 7.11 Å². The fourth-order valence-electron chi connectivity index (χ4n) is 3.51. The first-order chi connectivity index (χ1) is 12.2. The molecule has 0 N–H and O–H groups in total. The number of aromatic nitrogens is 2. The van der Waals surface area contributed by atoms with E-state index < -0.39 is 0 Å². The fourth-order valence-corrected chi connectivity index (χ4v) is 3.51. The summed E-state index contributed by atoms with van der Waals surface area (Å²) >= 11 is 0. The van der Waals surface area contributed by atoms with Gasteiger partial charge in [0.25, 0.3) is 0 Å².